The van der Waals surface area contributed by atoms with E-state index < -0.39 is 0 Å². The van der Waals surface area contributed by atoms with Gasteiger partial charge in [-0.3, -0.25) is 5.10 Å². The van der Waals surface area contributed by atoms with Crippen LogP contribution in [-0.4, -0.2) is 21.2 Å². The smallest absolute Gasteiger partial charge is 0.315 e. The van der Waals surface area contributed by atoms with E-state index in [1.54, 1.807) is 12.1 Å². The second-order valence-corrected chi connectivity index (χ2v) is 6.02. The van der Waals surface area contributed by atoms with E-state index in [0.717, 1.165) is 11.1 Å². The topological polar surface area (TPSA) is 82.7 Å². The van der Waals surface area contributed by atoms with E-state index in [1.165, 1.54) is 0 Å². The number of amides is 2. The number of nitrogens with one attached hydrogen (secondary N) is 3. The van der Waals surface area contributed by atoms with Gasteiger partial charge in [-0.2, -0.15) is 5.10 Å². The number of carbonyl (C=O) groups excluding carboxylic acids is 1. The SMILES string of the molecule is C[C@H](NC(=O)NCc1ccccc1)c1nc(-c2ccc(Cl)cc2)n[nH]1. The van der Waals surface area contributed by atoms with E-state index in [9.17, 15) is 4.79 Å². The van der Waals surface area contributed by atoms with E-state index >= 15 is 0 Å². The average Bonchev–Trinajstić information content (AvgIpc) is 3.12. The third kappa shape index (κ3) is 4.58. The predicted octanol–water partition coefficient (Wildman–Crippen LogP) is 3.69. The highest BCUT2D eigenvalue weighted by molar-refractivity contribution is 6.30. The number of urea groups is 1. The number of benzene rings is 2. The van der Waals surface area contributed by atoms with Gasteiger partial charge in [0.05, 0.1) is 6.04 Å². The van der Waals surface area contributed by atoms with Gasteiger partial charge in [-0.25, -0.2) is 9.78 Å². The number of H-pyrrole nitrogens is 1. The normalized spacial score (nSPS) is 11.8. The highest BCUT2D eigenvalue weighted by atomic mass is 35.5. The zero-order chi connectivity index (χ0) is 17.6. The Labute approximate surface area is 150 Å². The Hall–Kier alpha value is -2.86. The van der Waals surface area contributed by atoms with Crippen molar-refractivity contribution in [2.75, 3.05) is 0 Å². The number of carbonyl (C=O) groups is 1. The summed E-state index contributed by atoms with van der Waals surface area (Å²) in [5.74, 6) is 1.14. The highest BCUT2D eigenvalue weighted by Crippen LogP contribution is 2.19. The lowest BCUT2D eigenvalue weighted by molar-refractivity contribution is 0.237. The van der Waals surface area contributed by atoms with Crippen molar-refractivity contribution in [3.05, 3.63) is 71.0 Å². The summed E-state index contributed by atoms with van der Waals surface area (Å²) in [4.78, 5) is 16.4. The molecule has 0 spiro atoms. The lowest BCUT2D eigenvalue weighted by Gasteiger charge is -2.12. The summed E-state index contributed by atoms with van der Waals surface area (Å²) in [6, 6.07) is 16.4. The van der Waals surface area contributed by atoms with E-state index in [2.05, 4.69) is 25.8 Å². The quantitative estimate of drug-likeness (QED) is 0.652. The first kappa shape index (κ1) is 17.0. The molecule has 2 amide bonds. The number of hydrogen-bond acceptors (Lipinski definition) is 3. The Kier molecular flexibility index (Phi) is 5.30. The van der Waals surface area contributed by atoms with Crippen LogP contribution in [0, 0.1) is 0 Å². The molecule has 0 aliphatic heterocycles. The molecule has 1 aromatic heterocycles. The predicted molar refractivity (Wildman–Crippen MR) is 97.1 cm³/mol. The third-order valence-corrected chi connectivity index (χ3v) is 3.91. The van der Waals surface area contributed by atoms with Gasteiger partial charge in [-0.15, -0.1) is 0 Å². The summed E-state index contributed by atoms with van der Waals surface area (Å²) in [7, 11) is 0. The van der Waals surface area contributed by atoms with Crippen LogP contribution < -0.4 is 10.6 Å². The van der Waals surface area contributed by atoms with Crippen molar-refractivity contribution in [1.82, 2.24) is 25.8 Å². The first-order valence-corrected chi connectivity index (χ1v) is 8.26. The van der Waals surface area contributed by atoms with Crippen molar-refractivity contribution in [1.29, 1.82) is 0 Å². The molecule has 0 fully saturated rings. The second-order valence-electron chi connectivity index (χ2n) is 5.59. The Morgan fingerprint density at radius 2 is 1.88 bits per heavy atom. The lowest BCUT2D eigenvalue weighted by atomic mass is 10.2. The van der Waals surface area contributed by atoms with Crippen LogP contribution in [0.15, 0.2) is 54.6 Å². The largest absolute Gasteiger partial charge is 0.334 e. The van der Waals surface area contributed by atoms with Crippen molar-refractivity contribution in [3.63, 3.8) is 0 Å². The first-order valence-electron chi connectivity index (χ1n) is 7.88. The van der Waals surface area contributed by atoms with E-state index in [1.807, 2.05) is 49.4 Å². The molecule has 7 heteroatoms. The zero-order valence-corrected chi connectivity index (χ0v) is 14.4. The summed E-state index contributed by atoms with van der Waals surface area (Å²) in [5.41, 5.74) is 1.89. The summed E-state index contributed by atoms with van der Waals surface area (Å²) in [5, 5.41) is 13.4. The molecule has 3 aromatic rings. The molecule has 6 nitrogen and oxygen atoms in total. The summed E-state index contributed by atoms with van der Waals surface area (Å²) < 4.78 is 0. The molecule has 2 aromatic carbocycles. The molecule has 25 heavy (non-hydrogen) atoms. The zero-order valence-electron chi connectivity index (χ0n) is 13.7. The van der Waals surface area contributed by atoms with E-state index in [-0.39, 0.29) is 12.1 Å². The number of aromatic nitrogens is 3. The van der Waals surface area contributed by atoms with Gasteiger partial charge in [0, 0.05) is 17.1 Å². The fourth-order valence-corrected chi connectivity index (χ4v) is 2.42. The van der Waals surface area contributed by atoms with Crippen LogP contribution in [0.2, 0.25) is 5.02 Å². The fourth-order valence-electron chi connectivity index (χ4n) is 2.29. The Bertz CT molecular complexity index is 832. The molecule has 0 bridgehead atoms. The first-order chi connectivity index (χ1) is 12.1. The van der Waals surface area contributed by atoms with Gasteiger partial charge in [-0.05, 0) is 36.8 Å². The summed E-state index contributed by atoms with van der Waals surface area (Å²) in [6.45, 7) is 2.31. The maximum atomic E-state index is 12.0. The number of nitrogens with zero attached hydrogens (tertiary/aromatic N) is 2. The lowest BCUT2D eigenvalue weighted by Crippen LogP contribution is -2.37. The van der Waals surface area contributed by atoms with E-state index in [4.69, 9.17) is 11.6 Å². The Morgan fingerprint density at radius 3 is 2.60 bits per heavy atom. The van der Waals surface area contributed by atoms with Gasteiger partial charge in [0.2, 0.25) is 0 Å². The standard InChI is InChI=1S/C18H18ClN5O/c1-12(21-18(25)20-11-13-5-3-2-4-6-13)16-22-17(24-23-16)14-7-9-15(19)10-8-14/h2-10,12H,11H2,1H3,(H2,20,21,25)(H,22,23,24)/t12-/m0/s1. The molecule has 128 valence electrons. The molecule has 1 heterocycles. The molecule has 3 N–H and O–H groups in total. The van der Waals surface area contributed by atoms with Crippen LogP contribution >= 0.6 is 11.6 Å². The number of hydrogen-bond donors (Lipinski definition) is 3. The fraction of sp³-hybridized carbons (Fsp3) is 0.167. The monoisotopic (exact) mass is 355 g/mol. The van der Waals surface area contributed by atoms with Gasteiger partial charge < -0.3 is 10.6 Å². The van der Waals surface area contributed by atoms with Crippen molar-refractivity contribution in [2.45, 2.75) is 19.5 Å². The molecule has 1 atom stereocenters. The summed E-state index contributed by atoms with van der Waals surface area (Å²) in [6.07, 6.45) is 0. The molecular formula is C18H18ClN5O. The van der Waals surface area contributed by atoms with Crippen molar-refractivity contribution in [2.24, 2.45) is 0 Å². The number of rotatable bonds is 5. The van der Waals surface area contributed by atoms with Gasteiger partial charge >= 0.3 is 6.03 Å². The van der Waals surface area contributed by atoms with Crippen molar-refractivity contribution < 1.29 is 4.79 Å². The van der Waals surface area contributed by atoms with Gasteiger partial charge in [-0.1, -0.05) is 41.9 Å². The Morgan fingerprint density at radius 1 is 1.16 bits per heavy atom. The van der Waals surface area contributed by atoms with Crippen LogP contribution in [0.25, 0.3) is 11.4 Å². The summed E-state index contributed by atoms with van der Waals surface area (Å²) >= 11 is 5.88. The molecule has 0 saturated carbocycles. The molecule has 0 aliphatic carbocycles. The Balaban J connectivity index is 1.57. The minimum absolute atomic E-state index is 0.263. The minimum Gasteiger partial charge on any atom is -0.334 e. The molecule has 0 aliphatic rings. The van der Waals surface area contributed by atoms with Gasteiger partial charge in [0.15, 0.2) is 5.82 Å². The third-order valence-electron chi connectivity index (χ3n) is 3.66. The van der Waals surface area contributed by atoms with Crippen molar-refractivity contribution >= 4 is 17.6 Å². The second kappa shape index (κ2) is 7.81. The average molecular weight is 356 g/mol. The maximum absolute atomic E-state index is 12.0. The van der Waals surface area contributed by atoms with E-state index in [0.29, 0.717) is 23.2 Å². The van der Waals surface area contributed by atoms with Crippen LogP contribution in [0.1, 0.15) is 24.4 Å². The highest BCUT2D eigenvalue weighted by Gasteiger charge is 2.14. The molecule has 0 unspecified atom stereocenters. The van der Waals surface area contributed by atoms with Crippen molar-refractivity contribution in [3.8, 4) is 11.4 Å². The molecule has 3 rings (SSSR count). The molecule has 0 radical (unpaired) electrons. The van der Waals surface area contributed by atoms with Gasteiger partial charge in [0.1, 0.15) is 5.82 Å². The molecular weight excluding hydrogens is 338 g/mol. The van der Waals surface area contributed by atoms with Gasteiger partial charge in [0.25, 0.3) is 0 Å². The number of halogens is 1. The van der Waals surface area contributed by atoms with Crippen LogP contribution in [-0.2, 0) is 6.54 Å². The number of aromatic amines is 1. The van der Waals surface area contributed by atoms with Crippen LogP contribution in [0.5, 0.6) is 0 Å². The van der Waals surface area contributed by atoms with Crippen LogP contribution in [0.4, 0.5) is 4.79 Å². The minimum atomic E-state index is -0.302. The maximum Gasteiger partial charge on any atom is 0.315 e. The van der Waals surface area contributed by atoms with Crippen LogP contribution in [0.3, 0.4) is 0 Å². The molecule has 0 saturated heterocycles.